The number of carboxylic acids is 2. The molecular weight excluding hydrogens is 296 g/mol. The fourth-order valence-corrected chi connectivity index (χ4v) is 1.40. The van der Waals surface area contributed by atoms with Crippen molar-refractivity contribution < 1.29 is 38.9 Å². The van der Waals surface area contributed by atoms with Crippen molar-refractivity contribution in [2.75, 3.05) is 13.2 Å². The largest absolute Gasteiger partial charge is 0.481 e. The van der Waals surface area contributed by atoms with Crippen molar-refractivity contribution in [3.8, 4) is 0 Å². The number of hydrogen-bond acceptors (Lipinski definition) is 6. The second kappa shape index (κ2) is 10.1. The first-order chi connectivity index (χ1) is 10.3. The van der Waals surface area contributed by atoms with E-state index in [1.807, 2.05) is 0 Å². The van der Waals surface area contributed by atoms with Gasteiger partial charge in [-0.15, -0.1) is 13.2 Å². The molecule has 0 saturated heterocycles. The summed E-state index contributed by atoms with van der Waals surface area (Å²) in [5.74, 6) is -5.90. The molecule has 0 radical (unpaired) electrons. The van der Waals surface area contributed by atoms with Gasteiger partial charge >= 0.3 is 23.9 Å². The minimum absolute atomic E-state index is 0.272. The highest BCUT2D eigenvalue weighted by Gasteiger charge is 2.21. The first-order valence-electron chi connectivity index (χ1n) is 6.33. The molecule has 0 aliphatic carbocycles. The minimum atomic E-state index is -1.17. The Hall–Kier alpha value is -2.64. The first kappa shape index (κ1) is 19.4. The Kier molecular flexibility index (Phi) is 8.92. The van der Waals surface area contributed by atoms with E-state index in [1.165, 1.54) is 0 Å². The van der Waals surface area contributed by atoms with Gasteiger partial charge in [-0.05, 0) is 0 Å². The third-order valence-corrected chi connectivity index (χ3v) is 2.54. The van der Waals surface area contributed by atoms with Crippen molar-refractivity contribution in [3.63, 3.8) is 0 Å². The predicted molar refractivity (Wildman–Crippen MR) is 73.8 cm³/mol. The summed E-state index contributed by atoms with van der Waals surface area (Å²) in [6, 6.07) is 0. The van der Waals surface area contributed by atoms with Gasteiger partial charge in [-0.2, -0.15) is 0 Å². The van der Waals surface area contributed by atoms with Gasteiger partial charge in [-0.25, -0.2) is 0 Å². The molecule has 2 N–H and O–H groups in total. The Bertz CT molecular complexity index is 412. The van der Waals surface area contributed by atoms with E-state index in [-0.39, 0.29) is 13.2 Å². The van der Waals surface area contributed by atoms with Gasteiger partial charge in [0.15, 0.2) is 0 Å². The summed E-state index contributed by atoms with van der Waals surface area (Å²) in [4.78, 5) is 44.0. The molecule has 122 valence electrons. The van der Waals surface area contributed by atoms with Crippen molar-refractivity contribution in [1.82, 2.24) is 0 Å². The highest BCUT2D eigenvalue weighted by molar-refractivity contribution is 5.81. The molecule has 2 unspecified atom stereocenters. The van der Waals surface area contributed by atoms with Crippen LogP contribution in [0.4, 0.5) is 0 Å². The van der Waals surface area contributed by atoms with Gasteiger partial charge in [0.2, 0.25) is 0 Å². The standard InChI is InChI=1S/C14H18O8/c1-3-9(7-11(15)16)13(19)21-5-6-22-14(20)10(4-2)8-12(17)18/h3-4,9-10H,1-2,5-8H2,(H,15,16)(H,17,18). The molecule has 0 aromatic heterocycles. The number of ether oxygens (including phenoxy) is 2. The second-order valence-electron chi connectivity index (χ2n) is 4.22. The number of carbonyl (C=O) groups is 4. The molecule has 0 aliphatic heterocycles. The van der Waals surface area contributed by atoms with Crippen LogP contribution in [0.25, 0.3) is 0 Å². The average molecular weight is 314 g/mol. The first-order valence-corrected chi connectivity index (χ1v) is 6.33. The van der Waals surface area contributed by atoms with Crippen LogP contribution in [0.3, 0.4) is 0 Å². The van der Waals surface area contributed by atoms with Crippen LogP contribution in [-0.4, -0.2) is 47.3 Å². The van der Waals surface area contributed by atoms with E-state index in [0.717, 1.165) is 12.2 Å². The molecule has 0 fully saturated rings. The molecule has 0 aromatic rings. The number of hydrogen-bond donors (Lipinski definition) is 2. The lowest BCUT2D eigenvalue weighted by Crippen LogP contribution is -2.23. The summed E-state index contributed by atoms with van der Waals surface area (Å²) in [5, 5.41) is 17.2. The lowest BCUT2D eigenvalue weighted by molar-refractivity contribution is -0.158. The Morgan fingerprint density at radius 1 is 0.818 bits per heavy atom. The van der Waals surface area contributed by atoms with Crippen molar-refractivity contribution in [1.29, 1.82) is 0 Å². The van der Waals surface area contributed by atoms with Crippen molar-refractivity contribution in [2.45, 2.75) is 12.8 Å². The summed E-state index contributed by atoms with van der Waals surface area (Å²) in [6.07, 6.45) is 1.42. The molecule has 2 atom stereocenters. The van der Waals surface area contributed by atoms with Crippen LogP contribution in [0.2, 0.25) is 0 Å². The summed E-state index contributed by atoms with van der Waals surface area (Å²) < 4.78 is 9.50. The highest BCUT2D eigenvalue weighted by Crippen LogP contribution is 2.09. The minimum Gasteiger partial charge on any atom is -0.481 e. The van der Waals surface area contributed by atoms with E-state index >= 15 is 0 Å². The van der Waals surface area contributed by atoms with E-state index in [9.17, 15) is 19.2 Å². The molecule has 0 aromatic carbocycles. The van der Waals surface area contributed by atoms with Crippen molar-refractivity contribution in [2.24, 2.45) is 11.8 Å². The maximum Gasteiger partial charge on any atom is 0.313 e. The van der Waals surface area contributed by atoms with E-state index in [4.69, 9.17) is 19.7 Å². The zero-order valence-electron chi connectivity index (χ0n) is 11.9. The molecule has 8 heteroatoms. The summed E-state index contributed by atoms with van der Waals surface area (Å²) >= 11 is 0. The second-order valence-corrected chi connectivity index (χ2v) is 4.22. The summed E-state index contributed by atoms with van der Waals surface area (Å²) in [6.45, 7) is 6.13. The van der Waals surface area contributed by atoms with Crippen molar-refractivity contribution >= 4 is 23.9 Å². The van der Waals surface area contributed by atoms with Gasteiger partial charge in [-0.3, -0.25) is 19.2 Å². The number of rotatable bonds is 11. The molecule has 8 nitrogen and oxygen atoms in total. The topological polar surface area (TPSA) is 127 Å². The van der Waals surface area contributed by atoms with Crippen LogP contribution in [-0.2, 0) is 28.7 Å². The highest BCUT2D eigenvalue weighted by atomic mass is 16.6. The third kappa shape index (κ3) is 7.83. The monoisotopic (exact) mass is 314 g/mol. The molecule has 22 heavy (non-hydrogen) atoms. The van der Waals surface area contributed by atoms with E-state index in [0.29, 0.717) is 0 Å². The van der Waals surface area contributed by atoms with Gasteiger partial charge in [0.25, 0.3) is 0 Å². The Morgan fingerprint density at radius 2 is 1.14 bits per heavy atom. The van der Waals surface area contributed by atoms with Crippen LogP contribution in [0, 0.1) is 11.8 Å². The Morgan fingerprint density at radius 3 is 1.36 bits per heavy atom. The maximum atomic E-state index is 11.5. The molecule has 0 spiro atoms. The van der Waals surface area contributed by atoms with E-state index in [1.54, 1.807) is 0 Å². The van der Waals surface area contributed by atoms with Gasteiger partial charge < -0.3 is 19.7 Å². The quantitative estimate of drug-likeness (QED) is 0.323. The lowest BCUT2D eigenvalue weighted by Gasteiger charge is -2.12. The number of aliphatic carboxylic acids is 2. The zero-order valence-corrected chi connectivity index (χ0v) is 11.9. The summed E-state index contributed by atoms with van der Waals surface area (Å²) in [7, 11) is 0. The van der Waals surface area contributed by atoms with Crippen LogP contribution in [0.1, 0.15) is 12.8 Å². The average Bonchev–Trinajstić information content (AvgIpc) is 2.45. The Balaban J connectivity index is 4.14. The lowest BCUT2D eigenvalue weighted by atomic mass is 10.1. The number of carboxylic acid groups (broad SMARTS) is 2. The third-order valence-electron chi connectivity index (χ3n) is 2.54. The van der Waals surface area contributed by atoms with Gasteiger partial charge in [0, 0.05) is 0 Å². The van der Waals surface area contributed by atoms with E-state index < -0.39 is 48.6 Å². The maximum absolute atomic E-state index is 11.5. The molecule has 0 rings (SSSR count). The van der Waals surface area contributed by atoms with Gasteiger partial charge in [0.05, 0.1) is 24.7 Å². The predicted octanol–water partition coefficient (Wildman–Crippen LogP) is 0.627. The number of esters is 2. The molecule has 0 heterocycles. The fourth-order valence-electron chi connectivity index (χ4n) is 1.40. The molecule has 0 aliphatic rings. The van der Waals surface area contributed by atoms with Gasteiger partial charge in [0.1, 0.15) is 13.2 Å². The SMILES string of the molecule is C=CC(CC(=O)O)C(=O)OCCOC(=O)C(C=C)CC(=O)O. The Labute approximate surface area is 127 Å². The van der Waals surface area contributed by atoms with Crippen LogP contribution < -0.4 is 0 Å². The van der Waals surface area contributed by atoms with Crippen LogP contribution in [0.5, 0.6) is 0 Å². The molecule has 0 bridgehead atoms. The van der Waals surface area contributed by atoms with Gasteiger partial charge in [-0.1, -0.05) is 12.2 Å². The molecular formula is C14H18O8. The number of carbonyl (C=O) groups excluding carboxylic acids is 2. The summed E-state index contributed by atoms with van der Waals surface area (Å²) in [5.41, 5.74) is 0. The fraction of sp³-hybridized carbons (Fsp3) is 0.429. The van der Waals surface area contributed by atoms with Crippen molar-refractivity contribution in [3.05, 3.63) is 25.3 Å². The van der Waals surface area contributed by atoms with Crippen LogP contribution in [0.15, 0.2) is 25.3 Å². The van der Waals surface area contributed by atoms with Crippen LogP contribution >= 0.6 is 0 Å². The molecule has 0 amide bonds. The normalized spacial score (nSPS) is 12.5. The zero-order chi connectivity index (χ0) is 17.1. The smallest absolute Gasteiger partial charge is 0.313 e. The molecule has 0 saturated carbocycles. The van der Waals surface area contributed by atoms with E-state index in [2.05, 4.69) is 13.2 Å².